The number of halogens is 1. The standard InChI is InChI=1S/C21H19FN2O4S3/c1-21(2)8-11-16(15(25)9-21)20(31(3,27)28)30-17(11)19-24-14(10-29-19)18(26)23-13-7-5-4-6-12(13)22/h4-7,10H,8-9H2,1-3H3,(H,23,26). The van der Waals surface area contributed by atoms with Gasteiger partial charge in [-0.05, 0) is 29.5 Å². The second kappa shape index (κ2) is 7.61. The molecule has 1 aliphatic carbocycles. The number of sulfone groups is 1. The minimum Gasteiger partial charge on any atom is -0.318 e. The maximum Gasteiger partial charge on any atom is 0.275 e. The second-order valence-electron chi connectivity index (χ2n) is 8.26. The number of anilines is 1. The van der Waals surface area contributed by atoms with Crippen LogP contribution in [0.5, 0.6) is 0 Å². The molecule has 1 amide bonds. The smallest absolute Gasteiger partial charge is 0.275 e. The van der Waals surface area contributed by atoms with Crippen LogP contribution in [0, 0.1) is 11.2 Å². The topological polar surface area (TPSA) is 93.2 Å². The molecule has 0 saturated carbocycles. The van der Waals surface area contributed by atoms with Gasteiger partial charge >= 0.3 is 0 Å². The molecule has 0 radical (unpaired) electrons. The normalized spacial score (nSPS) is 15.5. The van der Waals surface area contributed by atoms with Gasteiger partial charge in [0.2, 0.25) is 0 Å². The van der Waals surface area contributed by atoms with Gasteiger partial charge in [-0.2, -0.15) is 0 Å². The average Bonchev–Trinajstić information content (AvgIpc) is 3.27. The summed E-state index contributed by atoms with van der Waals surface area (Å²) in [5, 5.41) is 4.48. The van der Waals surface area contributed by atoms with Gasteiger partial charge in [0, 0.05) is 18.1 Å². The molecule has 2 heterocycles. The Kier molecular flexibility index (Phi) is 5.35. The number of amides is 1. The number of hydrogen-bond donors (Lipinski definition) is 1. The highest BCUT2D eigenvalue weighted by Crippen LogP contribution is 2.47. The van der Waals surface area contributed by atoms with Crippen molar-refractivity contribution in [1.29, 1.82) is 0 Å². The minimum absolute atomic E-state index is 0.0438. The molecule has 0 spiro atoms. The zero-order valence-corrected chi connectivity index (χ0v) is 19.4. The Bertz CT molecular complexity index is 1320. The number of thiophene rings is 1. The zero-order chi connectivity index (χ0) is 22.6. The molecule has 4 rings (SSSR count). The Balaban J connectivity index is 1.75. The van der Waals surface area contributed by atoms with Crippen molar-refractivity contribution in [3.05, 3.63) is 52.3 Å². The molecular formula is C21H19FN2O4S3. The van der Waals surface area contributed by atoms with Gasteiger partial charge in [-0.15, -0.1) is 22.7 Å². The van der Waals surface area contributed by atoms with Crippen LogP contribution in [0.2, 0.25) is 0 Å². The largest absolute Gasteiger partial charge is 0.318 e. The minimum atomic E-state index is -3.60. The second-order valence-corrected chi connectivity index (χ2v) is 12.3. The number of benzene rings is 1. The molecule has 0 unspecified atom stereocenters. The number of nitrogens with one attached hydrogen (secondary N) is 1. The van der Waals surface area contributed by atoms with E-state index in [1.165, 1.54) is 34.9 Å². The number of para-hydroxylation sites is 1. The molecule has 0 fully saturated rings. The Morgan fingerprint density at radius 1 is 1.23 bits per heavy atom. The highest BCUT2D eigenvalue weighted by atomic mass is 32.2. The van der Waals surface area contributed by atoms with E-state index in [9.17, 15) is 22.4 Å². The molecule has 10 heteroatoms. The average molecular weight is 479 g/mol. The summed E-state index contributed by atoms with van der Waals surface area (Å²) in [6, 6.07) is 5.82. The summed E-state index contributed by atoms with van der Waals surface area (Å²) < 4.78 is 38.6. The Morgan fingerprint density at radius 3 is 2.61 bits per heavy atom. The van der Waals surface area contributed by atoms with E-state index in [1.54, 1.807) is 6.07 Å². The third-order valence-electron chi connectivity index (χ3n) is 4.94. The van der Waals surface area contributed by atoms with E-state index in [-0.39, 0.29) is 38.8 Å². The summed E-state index contributed by atoms with van der Waals surface area (Å²) in [4.78, 5) is 30.3. The molecule has 3 aromatic rings. The van der Waals surface area contributed by atoms with Crippen molar-refractivity contribution < 1.29 is 22.4 Å². The molecule has 1 N–H and O–H groups in total. The number of carbonyl (C=O) groups is 2. The van der Waals surface area contributed by atoms with E-state index < -0.39 is 21.6 Å². The van der Waals surface area contributed by atoms with E-state index in [4.69, 9.17) is 0 Å². The quantitative estimate of drug-likeness (QED) is 0.580. The highest BCUT2D eigenvalue weighted by molar-refractivity contribution is 7.93. The van der Waals surface area contributed by atoms with E-state index >= 15 is 0 Å². The first kappa shape index (κ1) is 21.8. The number of ketones is 1. The summed E-state index contributed by atoms with van der Waals surface area (Å²) in [6.45, 7) is 3.93. The van der Waals surface area contributed by atoms with Crippen molar-refractivity contribution >= 4 is 49.9 Å². The lowest BCUT2D eigenvalue weighted by Crippen LogP contribution is -2.27. The maximum absolute atomic E-state index is 13.8. The van der Waals surface area contributed by atoms with Gasteiger partial charge in [-0.3, -0.25) is 9.59 Å². The van der Waals surface area contributed by atoms with Crippen molar-refractivity contribution in [2.45, 2.75) is 30.9 Å². The molecule has 31 heavy (non-hydrogen) atoms. The summed E-state index contributed by atoms with van der Waals surface area (Å²) in [6.07, 6.45) is 1.89. The fourth-order valence-electron chi connectivity index (χ4n) is 3.62. The molecule has 2 aromatic heterocycles. The maximum atomic E-state index is 13.8. The van der Waals surface area contributed by atoms with Gasteiger partial charge in [0.05, 0.1) is 16.1 Å². The van der Waals surface area contributed by atoms with Gasteiger partial charge in [0.1, 0.15) is 20.7 Å². The number of rotatable bonds is 4. The third-order valence-corrected chi connectivity index (χ3v) is 9.00. The van der Waals surface area contributed by atoms with E-state index in [1.807, 2.05) is 13.8 Å². The summed E-state index contributed by atoms with van der Waals surface area (Å²) >= 11 is 2.20. The fraction of sp³-hybridized carbons (Fsp3) is 0.286. The van der Waals surface area contributed by atoms with Crippen LogP contribution in [-0.2, 0) is 16.3 Å². The van der Waals surface area contributed by atoms with E-state index in [2.05, 4.69) is 10.3 Å². The number of nitrogens with zero attached hydrogens (tertiary/aromatic N) is 1. The van der Waals surface area contributed by atoms with Crippen molar-refractivity contribution in [2.24, 2.45) is 5.41 Å². The summed E-state index contributed by atoms with van der Waals surface area (Å²) in [5.74, 6) is -1.32. The number of thiazole rings is 1. The van der Waals surface area contributed by atoms with Crippen LogP contribution < -0.4 is 5.32 Å². The molecule has 0 aliphatic heterocycles. The van der Waals surface area contributed by atoms with Crippen LogP contribution in [0.4, 0.5) is 10.1 Å². The van der Waals surface area contributed by atoms with Gasteiger partial charge in [-0.1, -0.05) is 26.0 Å². The van der Waals surface area contributed by atoms with Crippen molar-refractivity contribution in [1.82, 2.24) is 4.98 Å². The molecule has 0 saturated heterocycles. The van der Waals surface area contributed by atoms with Crippen LogP contribution in [-0.4, -0.2) is 31.3 Å². The van der Waals surface area contributed by atoms with Crippen LogP contribution in [0.25, 0.3) is 9.88 Å². The zero-order valence-electron chi connectivity index (χ0n) is 17.0. The van der Waals surface area contributed by atoms with Crippen molar-refractivity contribution in [2.75, 3.05) is 11.6 Å². The van der Waals surface area contributed by atoms with Crippen LogP contribution in [0.15, 0.2) is 33.9 Å². The fourth-order valence-corrected chi connectivity index (χ4v) is 7.07. The highest BCUT2D eigenvalue weighted by Gasteiger charge is 2.39. The lowest BCUT2D eigenvalue weighted by atomic mass is 9.74. The van der Waals surface area contributed by atoms with Gasteiger partial charge in [0.15, 0.2) is 15.6 Å². The SMILES string of the molecule is CC1(C)CC(=O)c2c(S(C)(=O)=O)sc(-c3nc(C(=O)Nc4ccccc4F)cs3)c2C1. The first-order valence-electron chi connectivity index (χ1n) is 9.37. The molecule has 6 nitrogen and oxygen atoms in total. The molecule has 0 bridgehead atoms. The summed E-state index contributed by atoms with van der Waals surface area (Å²) in [5.41, 5.74) is 0.753. The number of aromatic nitrogens is 1. The molecular weight excluding hydrogens is 459 g/mol. The van der Waals surface area contributed by atoms with Gasteiger partial charge < -0.3 is 5.32 Å². The van der Waals surface area contributed by atoms with Crippen molar-refractivity contribution in [3.8, 4) is 9.88 Å². The van der Waals surface area contributed by atoms with Crippen LogP contribution in [0.3, 0.4) is 0 Å². The van der Waals surface area contributed by atoms with E-state index in [0.29, 0.717) is 21.9 Å². The number of hydrogen-bond acceptors (Lipinski definition) is 7. The van der Waals surface area contributed by atoms with E-state index in [0.717, 1.165) is 17.6 Å². The molecule has 0 atom stereocenters. The van der Waals surface area contributed by atoms with Crippen molar-refractivity contribution in [3.63, 3.8) is 0 Å². The number of carbonyl (C=O) groups excluding carboxylic acids is 2. The van der Waals surface area contributed by atoms with Gasteiger partial charge in [-0.25, -0.2) is 17.8 Å². The number of Topliss-reactive ketones (excluding diaryl/α,β-unsaturated/α-hetero) is 1. The molecule has 162 valence electrons. The predicted octanol–water partition coefficient (Wildman–Crippen LogP) is 4.82. The van der Waals surface area contributed by atoms with Gasteiger partial charge in [0.25, 0.3) is 5.91 Å². The Morgan fingerprint density at radius 2 is 1.94 bits per heavy atom. The third kappa shape index (κ3) is 4.19. The lowest BCUT2D eigenvalue weighted by molar-refractivity contribution is 0.0909. The monoisotopic (exact) mass is 478 g/mol. The summed E-state index contributed by atoms with van der Waals surface area (Å²) in [7, 11) is -3.60. The lowest BCUT2D eigenvalue weighted by Gasteiger charge is -2.29. The Labute approximate surface area is 187 Å². The molecule has 1 aliphatic rings. The first-order chi connectivity index (χ1) is 14.5. The Hall–Kier alpha value is -2.43. The molecule has 1 aromatic carbocycles. The first-order valence-corrected chi connectivity index (χ1v) is 13.0. The van der Waals surface area contributed by atoms with Crippen LogP contribution >= 0.6 is 22.7 Å². The number of fused-ring (bicyclic) bond motifs is 1. The predicted molar refractivity (Wildman–Crippen MR) is 119 cm³/mol. The van der Waals surface area contributed by atoms with Crippen LogP contribution in [0.1, 0.15) is 46.7 Å².